The molecule has 0 unspecified atom stereocenters. The fourth-order valence-corrected chi connectivity index (χ4v) is 3.02. The average molecular weight is 268 g/mol. The SMILES string of the molecule is N#Cc1csc2c(Br)c(CO)ccc12. The van der Waals surface area contributed by atoms with E-state index < -0.39 is 0 Å². The van der Waals surface area contributed by atoms with Crippen LogP contribution in [0.15, 0.2) is 22.0 Å². The van der Waals surface area contributed by atoms with Crippen molar-refractivity contribution in [1.29, 1.82) is 5.26 Å². The third-order valence-corrected chi connectivity index (χ3v) is 4.23. The van der Waals surface area contributed by atoms with Gasteiger partial charge in [-0.1, -0.05) is 12.1 Å². The molecular weight excluding hydrogens is 262 g/mol. The molecule has 0 fully saturated rings. The molecule has 0 bridgehead atoms. The van der Waals surface area contributed by atoms with Crippen LogP contribution in [0.4, 0.5) is 0 Å². The fourth-order valence-electron chi connectivity index (χ4n) is 1.31. The quantitative estimate of drug-likeness (QED) is 0.863. The van der Waals surface area contributed by atoms with Gasteiger partial charge in [-0.25, -0.2) is 0 Å². The topological polar surface area (TPSA) is 44.0 Å². The van der Waals surface area contributed by atoms with E-state index in [0.717, 1.165) is 20.1 Å². The number of benzene rings is 1. The van der Waals surface area contributed by atoms with Gasteiger partial charge < -0.3 is 5.11 Å². The molecule has 14 heavy (non-hydrogen) atoms. The summed E-state index contributed by atoms with van der Waals surface area (Å²) in [6.07, 6.45) is 0. The first-order valence-corrected chi connectivity index (χ1v) is 5.64. The highest BCUT2D eigenvalue weighted by Gasteiger charge is 2.09. The number of rotatable bonds is 1. The first-order valence-electron chi connectivity index (χ1n) is 3.97. The van der Waals surface area contributed by atoms with Gasteiger partial charge in [0.25, 0.3) is 0 Å². The van der Waals surface area contributed by atoms with Gasteiger partial charge in [0.2, 0.25) is 0 Å². The number of thiophene rings is 1. The van der Waals surface area contributed by atoms with Gasteiger partial charge >= 0.3 is 0 Å². The van der Waals surface area contributed by atoms with E-state index in [0.29, 0.717) is 5.56 Å². The lowest BCUT2D eigenvalue weighted by atomic mass is 10.1. The van der Waals surface area contributed by atoms with Crippen molar-refractivity contribution in [3.05, 3.63) is 33.1 Å². The number of aliphatic hydroxyl groups is 1. The van der Waals surface area contributed by atoms with E-state index in [-0.39, 0.29) is 6.61 Å². The van der Waals surface area contributed by atoms with Crippen molar-refractivity contribution in [3.8, 4) is 6.07 Å². The van der Waals surface area contributed by atoms with E-state index >= 15 is 0 Å². The Balaban J connectivity index is 2.80. The summed E-state index contributed by atoms with van der Waals surface area (Å²) in [6, 6.07) is 5.85. The van der Waals surface area contributed by atoms with Gasteiger partial charge in [0.15, 0.2) is 0 Å². The van der Waals surface area contributed by atoms with E-state index in [4.69, 9.17) is 10.4 Å². The van der Waals surface area contributed by atoms with Crippen molar-refractivity contribution in [2.45, 2.75) is 6.61 Å². The minimum atomic E-state index is 0.0102. The number of halogens is 1. The van der Waals surface area contributed by atoms with Gasteiger partial charge in [0.05, 0.1) is 16.9 Å². The first kappa shape index (κ1) is 9.66. The summed E-state index contributed by atoms with van der Waals surface area (Å²) in [4.78, 5) is 0. The molecule has 1 aromatic heterocycles. The van der Waals surface area contributed by atoms with Crippen LogP contribution in [0.1, 0.15) is 11.1 Å². The molecular formula is C10H6BrNOS. The lowest BCUT2D eigenvalue weighted by Gasteiger charge is -2.01. The predicted octanol–water partition coefficient (Wildman–Crippen LogP) is 3.03. The minimum absolute atomic E-state index is 0.0102. The van der Waals surface area contributed by atoms with E-state index in [9.17, 15) is 0 Å². The van der Waals surface area contributed by atoms with Crippen LogP contribution in [0.3, 0.4) is 0 Å². The molecule has 0 spiro atoms. The molecule has 0 saturated carbocycles. The second-order valence-corrected chi connectivity index (χ2v) is 4.51. The van der Waals surface area contributed by atoms with Crippen LogP contribution in [0.5, 0.6) is 0 Å². The standard InChI is InChI=1S/C10H6BrNOS/c11-9-6(4-13)1-2-8-7(3-12)5-14-10(8)9/h1-2,5,13H,4H2. The van der Waals surface area contributed by atoms with Crippen molar-refractivity contribution in [3.63, 3.8) is 0 Å². The van der Waals surface area contributed by atoms with Crippen LogP contribution in [0, 0.1) is 11.3 Å². The monoisotopic (exact) mass is 267 g/mol. The summed E-state index contributed by atoms with van der Waals surface area (Å²) in [6.45, 7) is 0.0102. The van der Waals surface area contributed by atoms with Crippen LogP contribution in [0.25, 0.3) is 10.1 Å². The van der Waals surface area contributed by atoms with Crippen molar-refractivity contribution in [1.82, 2.24) is 0 Å². The molecule has 70 valence electrons. The molecule has 4 heteroatoms. The van der Waals surface area contributed by atoms with E-state index in [1.165, 1.54) is 11.3 Å². The van der Waals surface area contributed by atoms with Crippen molar-refractivity contribution >= 4 is 37.4 Å². The second-order valence-electron chi connectivity index (χ2n) is 2.83. The van der Waals surface area contributed by atoms with Crippen molar-refractivity contribution < 1.29 is 5.11 Å². The van der Waals surface area contributed by atoms with Crippen molar-refractivity contribution in [2.24, 2.45) is 0 Å². The molecule has 0 saturated heterocycles. The largest absolute Gasteiger partial charge is 0.392 e. The number of hydrogen-bond acceptors (Lipinski definition) is 3. The molecule has 1 N–H and O–H groups in total. The highest BCUT2D eigenvalue weighted by molar-refractivity contribution is 9.10. The van der Waals surface area contributed by atoms with E-state index in [2.05, 4.69) is 22.0 Å². The van der Waals surface area contributed by atoms with Gasteiger partial charge in [0, 0.05) is 15.2 Å². The molecule has 0 amide bonds. The van der Waals surface area contributed by atoms with Gasteiger partial charge in [-0.15, -0.1) is 11.3 Å². The summed E-state index contributed by atoms with van der Waals surface area (Å²) >= 11 is 4.94. The minimum Gasteiger partial charge on any atom is -0.392 e. The number of nitrogens with zero attached hydrogens (tertiary/aromatic N) is 1. The normalized spacial score (nSPS) is 10.4. The van der Waals surface area contributed by atoms with E-state index in [1.807, 2.05) is 17.5 Å². The summed E-state index contributed by atoms with van der Waals surface area (Å²) in [5.41, 5.74) is 1.54. The Hall–Kier alpha value is -0.890. The Bertz CT molecular complexity index is 527. The zero-order valence-electron chi connectivity index (χ0n) is 7.12. The maximum atomic E-state index is 9.05. The summed E-state index contributed by atoms with van der Waals surface area (Å²) in [5, 5.41) is 20.7. The number of nitriles is 1. The smallest absolute Gasteiger partial charge is 0.101 e. The second kappa shape index (κ2) is 3.70. The molecule has 1 aromatic carbocycles. The maximum absolute atomic E-state index is 9.05. The van der Waals surface area contributed by atoms with Crippen LogP contribution in [-0.4, -0.2) is 5.11 Å². The molecule has 0 aliphatic rings. The van der Waals surface area contributed by atoms with Gasteiger partial charge in [0.1, 0.15) is 6.07 Å². The average Bonchev–Trinajstić information content (AvgIpc) is 2.62. The van der Waals surface area contributed by atoms with Crippen molar-refractivity contribution in [2.75, 3.05) is 0 Å². The van der Waals surface area contributed by atoms with Crippen LogP contribution in [0.2, 0.25) is 0 Å². The Morgan fingerprint density at radius 3 is 2.93 bits per heavy atom. The van der Waals surface area contributed by atoms with Gasteiger partial charge in [-0.05, 0) is 21.5 Å². The molecule has 0 aliphatic carbocycles. The third kappa shape index (κ3) is 1.34. The summed E-state index contributed by atoms with van der Waals surface area (Å²) in [7, 11) is 0. The number of aliphatic hydroxyl groups excluding tert-OH is 1. The molecule has 2 nitrogen and oxygen atoms in total. The number of fused-ring (bicyclic) bond motifs is 1. The van der Waals surface area contributed by atoms with Crippen LogP contribution < -0.4 is 0 Å². The molecule has 2 rings (SSSR count). The molecule has 0 atom stereocenters. The Labute approximate surface area is 93.5 Å². The number of hydrogen-bond donors (Lipinski definition) is 1. The molecule has 1 heterocycles. The highest BCUT2D eigenvalue weighted by Crippen LogP contribution is 2.34. The predicted molar refractivity (Wildman–Crippen MR) is 60.2 cm³/mol. The Kier molecular flexibility index (Phi) is 2.55. The molecule has 2 aromatic rings. The van der Waals surface area contributed by atoms with Gasteiger partial charge in [-0.3, -0.25) is 0 Å². The van der Waals surface area contributed by atoms with E-state index in [1.54, 1.807) is 0 Å². The van der Waals surface area contributed by atoms with Crippen LogP contribution >= 0.6 is 27.3 Å². The fraction of sp³-hybridized carbons (Fsp3) is 0.100. The lowest BCUT2D eigenvalue weighted by Crippen LogP contribution is -1.84. The Morgan fingerprint density at radius 2 is 2.29 bits per heavy atom. The van der Waals surface area contributed by atoms with Gasteiger partial charge in [-0.2, -0.15) is 5.26 Å². The zero-order chi connectivity index (χ0) is 10.1. The summed E-state index contributed by atoms with van der Waals surface area (Å²) < 4.78 is 1.91. The summed E-state index contributed by atoms with van der Waals surface area (Å²) in [5.74, 6) is 0. The zero-order valence-corrected chi connectivity index (χ0v) is 9.52. The third-order valence-electron chi connectivity index (χ3n) is 2.05. The highest BCUT2D eigenvalue weighted by atomic mass is 79.9. The Morgan fingerprint density at radius 1 is 1.50 bits per heavy atom. The molecule has 0 radical (unpaired) electrons. The lowest BCUT2D eigenvalue weighted by molar-refractivity contribution is 0.281. The maximum Gasteiger partial charge on any atom is 0.101 e. The molecule has 0 aliphatic heterocycles. The first-order chi connectivity index (χ1) is 6.77. The van der Waals surface area contributed by atoms with Crippen LogP contribution in [-0.2, 0) is 6.61 Å².